The molecule has 6 heavy (non-hydrogen) atoms. The molecule has 0 unspecified atom stereocenters. The molecule has 0 N–H and O–H groups in total. The molecule has 6 heteroatoms. The second-order valence-electron chi connectivity index (χ2n) is 0.612. The van der Waals surface area contributed by atoms with Gasteiger partial charge < -0.3 is 0 Å². The Bertz CT molecular complexity index is 122. The fourth-order valence-corrected chi connectivity index (χ4v) is 1.14. The molecule has 4 nitrogen and oxygen atoms in total. The van der Waals surface area contributed by atoms with Crippen LogP contribution in [0.15, 0.2) is 0 Å². The molecule has 0 aromatic rings. The maximum atomic E-state index is 9.66. The van der Waals surface area contributed by atoms with E-state index in [1.165, 1.54) is 0 Å². The fraction of sp³-hybridized carbons (Fsp3) is 0. The van der Waals surface area contributed by atoms with E-state index in [-0.39, 0.29) is 0 Å². The van der Waals surface area contributed by atoms with Crippen molar-refractivity contribution in [2.75, 3.05) is 0 Å². The van der Waals surface area contributed by atoms with Crippen LogP contribution >= 0.6 is 0 Å². The van der Waals surface area contributed by atoms with Crippen molar-refractivity contribution in [3.8, 4) is 0 Å². The van der Waals surface area contributed by atoms with Gasteiger partial charge in [0.05, 0.1) is 0 Å². The fourth-order valence-electron chi connectivity index (χ4n) is 0.0731. The minimum atomic E-state index is -3.45. The van der Waals surface area contributed by atoms with Crippen molar-refractivity contribution in [2.45, 2.75) is 0 Å². The van der Waals surface area contributed by atoms with Gasteiger partial charge in [-0.2, -0.15) is 0 Å². The Labute approximate surface area is 41.6 Å². The maximum absolute atomic E-state index is 9.66. The Morgan fingerprint density at radius 2 is 1.67 bits per heavy atom. The molecule has 1 rings (SSSR count). The molecule has 1 fully saturated rings. The topological polar surface area (TPSA) is 52.6 Å². The van der Waals surface area contributed by atoms with Crippen LogP contribution in [0.25, 0.3) is 0 Å². The van der Waals surface area contributed by atoms with Crippen molar-refractivity contribution >= 4 is 26.0 Å². The van der Waals surface area contributed by atoms with Crippen LogP contribution in [-0.2, 0) is 16.9 Å². The Balaban J connectivity index is 2.78. The van der Waals surface area contributed by atoms with Gasteiger partial charge in [-0.1, -0.05) is 0 Å². The second-order valence-corrected chi connectivity index (χ2v) is 3.70. The molecule has 1 heterocycles. The Hall–Kier alpha value is 0.389. The van der Waals surface area contributed by atoms with Crippen LogP contribution in [0.1, 0.15) is 0 Å². The summed E-state index contributed by atoms with van der Waals surface area (Å²) in [7, 11) is -3.45. The van der Waals surface area contributed by atoms with Crippen molar-refractivity contribution in [2.24, 2.45) is 0 Å². The molecule has 0 radical (unpaired) electrons. The zero-order valence-electron chi connectivity index (χ0n) is 2.45. The molecule has 1 aliphatic rings. The Morgan fingerprint density at radius 3 is 1.67 bits per heavy atom. The first-order chi connectivity index (χ1) is 2.71. The third-order valence-electron chi connectivity index (χ3n) is 0.222. The quantitative estimate of drug-likeness (QED) is 0.434. The third kappa shape index (κ3) is 0.716. The van der Waals surface area contributed by atoms with E-state index in [2.05, 4.69) is 6.53 Å². The monoisotopic (exact) mass is 176 g/mol. The Kier molecular flexibility index (Phi) is 0.892. The molecule has 36 valence electrons. The Morgan fingerprint density at radius 1 is 1.33 bits per heavy atom. The van der Waals surface area contributed by atoms with E-state index in [9.17, 15) is 8.42 Å². The average Bonchev–Trinajstić information content (AvgIpc) is 1.32. The minimum absolute atomic E-state index is 0.557. The summed E-state index contributed by atoms with van der Waals surface area (Å²) in [5.41, 5.74) is 0. The van der Waals surface area contributed by atoms with E-state index in [4.69, 9.17) is 0 Å². The van der Waals surface area contributed by atoms with Crippen LogP contribution in [0.5, 0.6) is 0 Å². The zero-order valence-corrected chi connectivity index (χ0v) is 4.98. The van der Waals surface area contributed by atoms with Crippen LogP contribution in [0.2, 0.25) is 0 Å². The SMILES string of the molecule is O=S1(=O)O[Se]O1. The molecule has 0 amide bonds. The number of hydrogen-bond acceptors (Lipinski definition) is 4. The van der Waals surface area contributed by atoms with Crippen LogP contribution in [0.3, 0.4) is 0 Å². The predicted octanol–water partition coefficient (Wildman–Crippen LogP) is -1.19. The van der Waals surface area contributed by atoms with Gasteiger partial charge >= 0.3 is 41.0 Å². The first kappa shape index (κ1) is 4.55. The summed E-state index contributed by atoms with van der Waals surface area (Å²) < 4.78 is 27.2. The van der Waals surface area contributed by atoms with Gasteiger partial charge in [-0.15, -0.1) is 0 Å². The molecule has 1 saturated heterocycles. The van der Waals surface area contributed by atoms with Crippen molar-refractivity contribution in [3.63, 3.8) is 0 Å². The summed E-state index contributed by atoms with van der Waals surface area (Å²) in [6.45, 7) is 0. The predicted molar refractivity (Wildman–Crippen MR) is 16.8 cm³/mol. The van der Waals surface area contributed by atoms with Gasteiger partial charge in [-0.05, 0) is 0 Å². The summed E-state index contributed by atoms with van der Waals surface area (Å²) in [5.74, 6) is 0. The van der Waals surface area contributed by atoms with E-state index < -0.39 is 26.0 Å². The van der Waals surface area contributed by atoms with E-state index >= 15 is 0 Å². The van der Waals surface area contributed by atoms with Crippen LogP contribution in [-0.4, -0.2) is 24.0 Å². The second kappa shape index (κ2) is 1.18. The zero-order chi connectivity index (χ0) is 4.62. The van der Waals surface area contributed by atoms with Gasteiger partial charge in [0.25, 0.3) is 0 Å². The first-order valence-electron chi connectivity index (χ1n) is 1.00. The van der Waals surface area contributed by atoms with Crippen LogP contribution in [0.4, 0.5) is 0 Å². The molecule has 0 aliphatic carbocycles. The average molecular weight is 175 g/mol. The van der Waals surface area contributed by atoms with Gasteiger partial charge in [0.15, 0.2) is 0 Å². The third-order valence-corrected chi connectivity index (χ3v) is 3.46. The molecule has 0 spiro atoms. The molecular weight excluding hydrogens is 175 g/mol. The van der Waals surface area contributed by atoms with Crippen molar-refractivity contribution in [1.82, 2.24) is 0 Å². The molecular formula is O4SSe. The van der Waals surface area contributed by atoms with Gasteiger partial charge in [0.2, 0.25) is 0 Å². The van der Waals surface area contributed by atoms with Crippen molar-refractivity contribution in [1.29, 1.82) is 0 Å². The molecule has 0 saturated carbocycles. The van der Waals surface area contributed by atoms with Gasteiger partial charge in [-0.25, -0.2) is 0 Å². The summed E-state index contributed by atoms with van der Waals surface area (Å²) in [5, 5.41) is 0. The number of rotatable bonds is 0. The van der Waals surface area contributed by atoms with E-state index in [0.717, 1.165) is 0 Å². The molecule has 0 bridgehead atoms. The molecule has 0 aromatic carbocycles. The van der Waals surface area contributed by atoms with E-state index in [1.807, 2.05) is 0 Å². The molecule has 0 aromatic heterocycles. The van der Waals surface area contributed by atoms with Crippen molar-refractivity contribution in [3.05, 3.63) is 0 Å². The van der Waals surface area contributed by atoms with E-state index in [1.54, 1.807) is 0 Å². The van der Waals surface area contributed by atoms with Gasteiger partial charge in [-0.3, -0.25) is 0 Å². The van der Waals surface area contributed by atoms with Crippen molar-refractivity contribution < 1.29 is 14.9 Å². The molecule has 0 atom stereocenters. The van der Waals surface area contributed by atoms with Gasteiger partial charge in [0, 0.05) is 0 Å². The summed E-state index contributed by atoms with van der Waals surface area (Å²) in [6, 6.07) is 0. The van der Waals surface area contributed by atoms with E-state index in [0.29, 0.717) is 0 Å². The normalized spacial score (nSPS) is 28.7. The van der Waals surface area contributed by atoms with Crippen LogP contribution in [0, 0.1) is 0 Å². The van der Waals surface area contributed by atoms with Crippen LogP contribution < -0.4 is 0 Å². The summed E-state index contributed by atoms with van der Waals surface area (Å²) in [6.07, 6.45) is 0. The number of hydrogen-bond donors (Lipinski definition) is 0. The first-order valence-corrected chi connectivity index (χ1v) is 3.73. The summed E-state index contributed by atoms with van der Waals surface area (Å²) >= 11 is -0.557. The van der Waals surface area contributed by atoms with Gasteiger partial charge in [0.1, 0.15) is 0 Å². The summed E-state index contributed by atoms with van der Waals surface area (Å²) in [4.78, 5) is 0. The molecule has 1 aliphatic heterocycles. The standard InChI is InChI=1S/O4SSe/c1-5(2)3-6-4-5.